The van der Waals surface area contributed by atoms with Crippen LogP contribution in [0, 0.1) is 12.7 Å². The predicted molar refractivity (Wildman–Crippen MR) is 117 cm³/mol. The summed E-state index contributed by atoms with van der Waals surface area (Å²) in [5.74, 6) is -0.792. The zero-order valence-electron chi connectivity index (χ0n) is 17.0. The van der Waals surface area contributed by atoms with Crippen LogP contribution in [0.3, 0.4) is 0 Å². The van der Waals surface area contributed by atoms with Crippen molar-refractivity contribution < 1.29 is 13.6 Å². The highest BCUT2D eigenvalue weighted by atomic mass is 19.1. The van der Waals surface area contributed by atoms with Gasteiger partial charge in [0.1, 0.15) is 11.4 Å². The molecule has 3 aromatic carbocycles. The Morgan fingerprint density at radius 3 is 2.45 bits per heavy atom. The van der Waals surface area contributed by atoms with Crippen molar-refractivity contribution >= 4 is 16.9 Å². The molecule has 0 unspecified atom stereocenters. The molecule has 0 radical (unpaired) electrons. The highest BCUT2D eigenvalue weighted by Gasteiger charge is 2.42. The molecule has 4 aromatic rings. The van der Waals surface area contributed by atoms with Gasteiger partial charge in [-0.05, 0) is 42.7 Å². The third kappa shape index (κ3) is 3.32. The lowest BCUT2D eigenvalue weighted by atomic mass is 9.97. The second-order valence-electron chi connectivity index (χ2n) is 7.86. The Hall–Kier alpha value is -3.73. The van der Waals surface area contributed by atoms with Gasteiger partial charge in [0, 0.05) is 6.54 Å². The third-order valence-electron chi connectivity index (χ3n) is 5.81. The molecular weight excluding hydrogens is 393 g/mol. The number of carbonyl (C=O) groups is 1. The van der Waals surface area contributed by atoms with E-state index >= 15 is 0 Å². The summed E-state index contributed by atoms with van der Waals surface area (Å²) < 4.78 is 19.7. The van der Waals surface area contributed by atoms with Crippen molar-refractivity contribution in [3.63, 3.8) is 0 Å². The fourth-order valence-corrected chi connectivity index (χ4v) is 4.21. The van der Waals surface area contributed by atoms with Crippen LogP contribution in [0.2, 0.25) is 0 Å². The van der Waals surface area contributed by atoms with E-state index in [1.807, 2.05) is 61.5 Å². The average molecular weight is 413 g/mol. The van der Waals surface area contributed by atoms with Crippen LogP contribution in [-0.4, -0.2) is 17.4 Å². The summed E-state index contributed by atoms with van der Waals surface area (Å²) in [6.45, 7) is 2.41. The first kappa shape index (κ1) is 19.2. The number of fused-ring (bicyclic) bond motifs is 2. The highest BCUT2D eigenvalue weighted by Crippen LogP contribution is 2.38. The monoisotopic (exact) mass is 413 g/mol. The minimum Gasteiger partial charge on any atom is -0.450 e. The average Bonchev–Trinajstić information content (AvgIpc) is 3.06. The molecule has 0 aliphatic carbocycles. The number of halogens is 1. The molecule has 1 aliphatic rings. The SMILES string of the molecule is Cc1ccc([C@@H]2c3c(oc4ccc(F)cc4c3=O)C(=O)N2CCc2ccccc2)cc1. The number of nitrogens with zero attached hydrogens (tertiary/aromatic N) is 1. The van der Waals surface area contributed by atoms with Crippen molar-refractivity contribution in [3.05, 3.63) is 117 Å². The molecule has 31 heavy (non-hydrogen) atoms. The minimum absolute atomic E-state index is 0.0442. The van der Waals surface area contributed by atoms with E-state index in [4.69, 9.17) is 4.42 Å². The molecule has 1 amide bonds. The Bertz CT molecular complexity index is 1340. The largest absolute Gasteiger partial charge is 0.450 e. The molecular formula is C26H20FNO3. The molecule has 1 aromatic heterocycles. The predicted octanol–water partition coefficient (Wildman–Crippen LogP) is 5.03. The van der Waals surface area contributed by atoms with Crippen LogP contribution in [0.4, 0.5) is 4.39 Å². The number of hydrogen-bond donors (Lipinski definition) is 0. The van der Waals surface area contributed by atoms with Gasteiger partial charge in [0.2, 0.25) is 5.76 Å². The summed E-state index contributed by atoms with van der Waals surface area (Å²) >= 11 is 0. The van der Waals surface area contributed by atoms with Gasteiger partial charge in [0.05, 0.1) is 17.0 Å². The van der Waals surface area contributed by atoms with Crippen molar-refractivity contribution in [2.24, 2.45) is 0 Å². The lowest BCUT2D eigenvalue weighted by Crippen LogP contribution is -2.31. The Morgan fingerprint density at radius 2 is 1.71 bits per heavy atom. The smallest absolute Gasteiger partial charge is 0.290 e. The van der Waals surface area contributed by atoms with Crippen molar-refractivity contribution in [1.82, 2.24) is 4.90 Å². The second kappa shape index (κ2) is 7.51. The van der Waals surface area contributed by atoms with Crippen LogP contribution >= 0.6 is 0 Å². The summed E-state index contributed by atoms with van der Waals surface area (Å²) in [5, 5.41) is 0.147. The fraction of sp³-hybridized carbons (Fsp3) is 0.154. The third-order valence-corrected chi connectivity index (χ3v) is 5.81. The summed E-state index contributed by atoms with van der Waals surface area (Å²) in [6.07, 6.45) is 0.644. The van der Waals surface area contributed by atoms with Gasteiger partial charge in [0.15, 0.2) is 5.43 Å². The summed E-state index contributed by atoms with van der Waals surface area (Å²) in [5.41, 5.74) is 3.13. The quantitative estimate of drug-likeness (QED) is 0.472. The molecule has 5 heteroatoms. The van der Waals surface area contributed by atoms with E-state index in [0.717, 1.165) is 16.7 Å². The first-order valence-electron chi connectivity index (χ1n) is 10.2. The van der Waals surface area contributed by atoms with Crippen molar-refractivity contribution in [2.75, 3.05) is 6.54 Å². The van der Waals surface area contributed by atoms with Gasteiger partial charge in [-0.2, -0.15) is 0 Å². The Labute approximate surface area is 178 Å². The molecule has 1 aliphatic heterocycles. The summed E-state index contributed by atoms with van der Waals surface area (Å²) in [7, 11) is 0. The maximum absolute atomic E-state index is 13.8. The van der Waals surface area contributed by atoms with Crippen LogP contribution in [-0.2, 0) is 6.42 Å². The van der Waals surface area contributed by atoms with E-state index in [1.54, 1.807) is 4.90 Å². The molecule has 2 heterocycles. The van der Waals surface area contributed by atoms with E-state index < -0.39 is 11.9 Å². The molecule has 154 valence electrons. The standard InChI is InChI=1S/C26H20FNO3/c1-16-7-9-18(10-8-16)23-22-24(29)20-15-19(27)11-12-21(20)31-25(22)26(30)28(23)14-13-17-5-3-2-4-6-17/h2-12,15,23H,13-14H2,1H3/t23-/m1/s1. The van der Waals surface area contributed by atoms with Crippen LogP contribution in [0.1, 0.15) is 38.9 Å². The van der Waals surface area contributed by atoms with Crippen molar-refractivity contribution in [2.45, 2.75) is 19.4 Å². The topological polar surface area (TPSA) is 50.5 Å². The summed E-state index contributed by atoms with van der Waals surface area (Å²) in [4.78, 5) is 28.4. The normalized spacial score (nSPS) is 15.5. The maximum Gasteiger partial charge on any atom is 0.290 e. The molecule has 0 bridgehead atoms. The van der Waals surface area contributed by atoms with Gasteiger partial charge in [-0.1, -0.05) is 60.2 Å². The van der Waals surface area contributed by atoms with Gasteiger partial charge in [0.25, 0.3) is 5.91 Å². The first-order chi connectivity index (χ1) is 15.0. The van der Waals surface area contributed by atoms with Gasteiger partial charge in [-0.3, -0.25) is 9.59 Å². The fourth-order valence-electron chi connectivity index (χ4n) is 4.21. The van der Waals surface area contributed by atoms with Gasteiger partial charge < -0.3 is 9.32 Å². The van der Waals surface area contributed by atoms with Crippen LogP contribution in [0.5, 0.6) is 0 Å². The lowest BCUT2D eigenvalue weighted by Gasteiger charge is -2.25. The van der Waals surface area contributed by atoms with Crippen LogP contribution in [0.15, 0.2) is 82.0 Å². The number of rotatable bonds is 4. The zero-order chi connectivity index (χ0) is 21.5. The minimum atomic E-state index is -0.573. The molecule has 0 saturated heterocycles. The molecule has 4 nitrogen and oxygen atoms in total. The van der Waals surface area contributed by atoms with E-state index in [-0.39, 0.29) is 33.6 Å². The van der Waals surface area contributed by atoms with Crippen LogP contribution in [0.25, 0.3) is 11.0 Å². The van der Waals surface area contributed by atoms with Gasteiger partial charge >= 0.3 is 0 Å². The molecule has 0 spiro atoms. The van der Waals surface area contributed by atoms with Crippen molar-refractivity contribution in [3.8, 4) is 0 Å². The van der Waals surface area contributed by atoms with Gasteiger partial charge in [-0.15, -0.1) is 0 Å². The number of aryl methyl sites for hydroxylation is 1. The number of carbonyl (C=O) groups excluding carboxylic acids is 1. The lowest BCUT2D eigenvalue weighted by molar-refractivity contribution is 0.0730. The Morgan fingerprint density at radius 1 is 0.968 bits per heavy atom. The van der Waals surface area contributed by atoms with E-state index in [2.05, 4.69) is 0 Å². The van der Waals surface area contributed by atoms with E-state index in [0.29, 0.717) is 13.0 Å². The van der Waals surface area contributed by atoms with E-state index in [1.165, 1.54) is 18.2 Å². The molecule has 0 fully saturated rings. The molecule has 0 saturated carbocycles. The first-order valence-corrected chi connectivity index (χ1v) is 10.2. The Balaban J connectivity index is 1.66. The van der Waals surface area contributed by atoms with Gasteiger partial charge in [-0.25, -0.2) is 4.39 Å². The number of hydrogen-bond acceptors (Lipinski definition) is 3. The zero-order valence-corrected chi connectivity index (χ0v) is 17.0. The Kier molecular flexibility index (Phi) is 4.66. The second-order valence-corrected chi connectivity index (χ2v) is 7.86. The van der Waals surface area contributed by atoms with E-state index in [9.17, 15) is 14.0 Å². The summed E-state index contributed by atoms with van der Waals surface area (Å²) in [6, 6.07) is 20.9. The number of benzene rings is 3. The highest BCUT2D eigenvalue weighted by molar-refractivity contribution is 5.99. The molecule has 1 atom stereocenters. The van der Waals surface area contributed by atoms with Crippen molar-refractivity contribution in [1.29, 1.82) is 0 Å². The maximum atomic E-state index is 13.8. The number of amides is 1. The molecule has 0 N–H and O–H groups in total. The van der Waals surface area contributed by atoms with Crippen LogP contribution < -0.4 is 5.43 Å². The molecule has 5 rings (SSSR count).